The number of nitrogens with one attached hydrogen (secondary N) is 1. The minimum absolute atomic E-state index is 0.310. The third-order valence-electron chi connectivity index (χ3n) is 4.11. The van der Waals surface area contributed by atoms with Crippen molar-refractivity contribution in [2.24, 2.45) is 11.8 Å². The van der Waals surface area contributed by atoms with Crippen LogP contribution in [0.25, 0.3) is 0 Å². The highest BCUT2D eigenvalue weighted by Crippen LogP contribution is 2.36. The lowest BCUT2D eigenvalue weighted by molar-refractivity contribution is 0.0147. The van der Waals surface area contributed by atoms with Crippen LogP contribution in [0.2, 0.25) is 0 Å². The topological polar surface area (TPSA) is 41.6 Å². The monoisotopic (exact) mass is 266 g/mol. The molecular formula is C15H26N2O2. The van der Waals surface area contributed by atoms with Crippen molar-refractivity contribution in [1.82, 2.24) is 10.2 Å². The number of ether oxygens (including phenoxy) is 1. The SMILES string of the molecule is C=C[C@H]1CN2CC[C@H]1C[C@H]2CNC(=O)OC(C)(C)C. The maximum atomic E-state index is 11.7. The number of hydrogen-bond donors (Lipinski definition) is 1. The van der Waals surface area contributed by atoms with E-state index in [9.17, 15) is 4.79 Å². The van der Waals surface area contributed by atoms with Gasteiger partial charge in [-0.1, -0.05) is 6.08 Å². The fourth-order valence-electron chi connectivity index (χ4n) is 3.17. The summed E-state index contributed by atoms with van der Waals surface area (Å²) in [7, 11) is 0. The van der Waals surface area contributed by atoms with E-state index in [1.165, 1.54) is 6.42 Å². The van der Waals surface area contributed by atoms with Gasteiger partial charge in [-0.25, -0.2) is 4.79 Å². The molecule has 3 rings (SSSR count). The molecule has 1 amide bonds. The van der Waals surface area contributed by atoms with Crippen LogP contribution in [0.15, 0.2) is 12.7 Å². The standard InChI is InChI=1S/C15H26N2O2/c1-5-11-10-17-7-6-12(11)8-13(17)9-16-14(18)19-15(2,3)4/h5,11-13H,1,6-10H2,2-4H3,(H,16,18)/t11-,12-,13-/m0/s1. The zero-order valence-corrected chi connectivity index (χ0v) is 12.3. The zero-order chi connectivity index (χ0) is 14.0. The third kappa shape index (κ3) is 3.72. The van der Waals surface area contributed by atoms with Crippen LogP contribution in [-0.2, 0) is 4.74 Å². The molecule has 4 atom stereocenters. The summed E-state index contributed by atoms with van der Waals surface area (Å²) in [5, 5.41) is 2.90. The van der Waals surface area contributed by atoms with Crippen molar-refractivity contribution in [3.63, 3.8) is 0 Å². The molecule has 0 radical (unpaired) electrons. The molecule has 0 aromatic heterocycles. The minimum Gasteiger partial charge on any atom is -0.444 e. The number of alkyl carbamates (subject to hydrolysis) is 1. The van der Waals surface area contributed by atoms with Crippen molar-refractivity contribution in [3.05, 3.63) is 12.7 Å². The van der Waals surface area contributed by atoms with Gasteiger partial charge in [-0.15, -0.1) is 6.58 Å². The number of amides is 1. The van der Waals surface area contributed by atoms with Gasteiger partial charge < -0.3 is 10.1 Å². The van der Waals surface area contributed by atoms with Crippen molar-refractivity contribution in [2.45, 2.75) is 45.3 Å². The Morgan fingerprint density at radius 1 is 1.53 bits per heavy atom. The van der Waals surface area contributed by atoms with Crippen molar-refractivity contribution in [1.29, 1.82) is 0 Å². The summed E-state index contributed by atoms with van der Waals surface area (Å²) >= 11 is 0. The van der Waals surface area contributed by atoms with Gasteiger partial charge in [0.1, 0.15) is 5.60 Å². The lowest BCUT2D eigenvalue weighted by Gasteiger charge is -2.49. The van der Waals surface area contributed by atoms with Crippen LogP contribution in [-0.4, -0.2) is 42.3 Å². The molecule has 3 fully saturated rings. The molecular weight excluding hydrogens is 240 g/mol. The Kier molecular flexibility index (Phi) is 4.19. The summed E-state index contributed by atoms with van der Waals surface area (Å²) in [5.41, 5.74) is -0.427. The lowest BCUT2D eigenvalue weighted by Crippen LogP contribution is -2.56. The normalized spacial score (nSPS) is 33.8. The van der Waals surface area contributed by atoms with E-state index in [0.717, 1.165) is 25.4 Å². The van der Waals surface area contributed by atoms with Crippen LogP contribution in [0.5, 0.6) is 0 Å². The summed E-state index contributed by atoms with van der Waals surface area (Å²) in [6.07, 6.45) is 4.20. The van der Waals surface area contributed by atoms with Crippen LogP contribution in [0.1, 0.15) is 33.6 Å². The van der Waals surface area contributed by atoms with E-state index in [0.29, 0.717) is 18.5 Å². The Bertz CT molecular complexity index is 349. The number of nitrogens with zero attached hydrogens (tertiary/aromatic N) is 1. The second-order valence-electron chi connectivity index (χ2n) is 6.72. The summed E-state index contributed by atoms with van der Waals surface area (Å²) in [4.78, 5) is 14.1. The largest absolute Gasteiger partial charge is 0.444 e. The van der Waals surface area contributed by atoms with Gasteiger partial charge in [0.05, 0.1) is 0 Å². The molecule has 0 spiro atoms. The van der Waals surface area contributed by atoms with Gasteiger partial charge in [0.25, 0.3) is 0 Å². The summed E-state index contributed by atoms with van der Waals surface area (Å²) in [6, 6.07) is 0.461. The van der Waals surface area contributed by atoms with Gasteiger partial charge in [0.2, 0.25) is 0 Å². The minimum atomic E-state index is -0.427. The Hall–Kier alpha value is -1.03. The average molecular weight is 266 g/mol. The first-order chi connectivity index (χ1) is 8.89. The Morgan fingerprint density at radius 3 is 2.79 bits per heavy atom. The number of carbonyl (C=O) groups is 1. The maximum Gasteiger partial charge on any atom is 0.407 e. The van der Waals surface area contributed by atoms with Crippen LogP contribution in [0.4, 0.5) is 4.79 Å². The fourth-order valence-corrected chi connectivity index (χ4v) is 3.17. The number of rotatable bonds is 3. The first-order valence-corrected chi connectivity index (χ1v) is 7.22. The Morgan fingerprint density at radius 2 is 2.26 bits per heavy atom. The first kappa shape index (κ1) is 14.4. The van der Waals surface area contributed by atoms with Crippen molar-refractivity contribution in [3.8, 4) is 0 Å². The van der Waals surface area contributed by atoms with Gasteiger partial charge in [-0.2, -0.15) is 0 Å². The van der Waals surface area contributed by atoms with E-state index < -0.39 is 5.60 Å². The molecule has 0 aromatic rings. The molecule has 3 saturated heterocycles. The second-order valence-corrected chi connectivity index (χ2v) is 6.72. The Labute approximate surface area is 116 Å². The molecule has 0 aromatic carbocycles. The quantitative estimate of drug-likeness (QED) is 0.798. The zero-order valence-electron chi connectivity index (χ0n) is 12.3. The molecule has 3 heterocycles. The Balaban J connectivity index is 1.79. The van der Waals surface area contributed by atoms with Crippen molar-refractivity contribution < 1.29 is 9.53 Å². The molecule has 2 bridgehead atoms. The molecule has 1 unspecified atom stereocenters. The average Bonchev–Trinajstić information content (AvgIpc) is 2.35. The predicted molar refractivity (Wildman–Crippen MR) is 76.0 cm³/mol. The first-order valence-electron chi connectivity index (χ1n) is 7.22. The van der Waals surface area contributed by atoms with Crippen molar-refractivity contribution >= 4 is 6.09 Å². The van der Waals surface area contributed by atoms with Crippen molar-refractivity contribution in [2.75, 3.05) is 19.6 Å². The molecule has 0 saturated carbocycles. The van der Waals surface area contributed by atoms with E-state index in [1.807, 2.05) is 20.8 Å². The maximum absolute atomic E-state index is 11.7. The molecule has 3 aliphatic heterocycles. The van der Waals surface area contributed by atoms with Crippen LogP contribution in [0, 0.1) is 11.8 Å². The number of hydrogen-bond acceptors (Lipinski definition) is 3. The van der Waals surface area contributed by atoms with E-state index in [-0.39, 0.29) is 6.09 Å². The van der Waals surface area contributed by atoms with Gasteiger partial charge in [0.15, 0.2) is 0 Å². The predicted octanol–water partition coefficient (Wildman–Crippen LogP) is 2.41. The van der Waals surface area contributed by atoms with Crippen LogP contribution >= 0.6 is 0 Å². The van der Waals surface area contributed by atoms with Crippen LogP contribution < -0.4 is 5.32 Å². The summed E-state index contributed by atoms with van der Waals surface area (Å²) < 4.78 is 5.27. The molecule has 19 heavy (non-hydrogen) atoms. The smallest absolute Gasteiger partial charge is 0.407 e. The van der Waals surface area contributed by atoms with E-state index in [2.05, 4.69) is 22.9 Å². The van der Waals surface area contributed by atoms with Gasteiger partial charge in [-0.3, -0.25) is 4.90 Å². The highest BCUT2D eigenvalue weighted by Gasteiger charge is 2.38. The van der Waals surface area contributed by atoms with E-state index in [4.69, 9.17) is 4.74 Å². The van der Waals surface area contributed by atoms with E-state index >= 15 is 0 Å². The van der Waals surface area contributed by atoms with Gasteiger partial charge >= 0.3 is 6.09 Å². The molecule has 3 aliphatic rings. The van der Waals surface area contributed by atoms with Gasteiger partial charge in [0, 0.05) is 19.1 Å². The van der Waals surface area contributed by atoms with Gasteiger partial charge in [-0.05, 0) is 52.0 Å². The van der Waals surface area contributed by atoms with Crippen LogP contribution in [0.3, 0.4) is 0 Å². The fraction of sp³-hybridized carbons (Fsp3) is 0.800. The summed E-state index contributed by atoms with van der Waals surface area (Å²) in [5.74, 6) is 1.37. The highest BCUT2D eigenvalue weighted by molar-refractivity contribution is 5.67. The van der Waals surface area contributed by atoms with E-state index in [1.54, 1.807) is 0 Å². The number of piperidine rings is 3. The molecule has 0 aliphatic carbocycles. The molecule has 108 valence electrons. The number of carbonyl (C=O) groups excluding carboxylic acids is 1. The highest BCUT2D eigenvalue weighted by atomic mass is 16.6. The molecule has 1 N–H and O–H groups in total. The second kappa shape index (κ2) is 5.53. The molecule has 4 heteroatoms. The molecule has 4 nitrogen and oxygen atoms in total. The lowest BCUT2D eigenvalue weighted by atomic mass is 9.76. The third-order valence-corrected chi connectivity index (χ3v) is 4.11. The number of fused-ring (bicyclic) bond motifs is 3. The summed E-state index contributed by atoms with van der Waals surface area (Å²) in [6.45, 7) is 12.5.